The van der Waals surface area contributed by atoms with E-state index in [-0.39, 0.29) is 18.3 Å². The van der Waals surface area contributed by atoms with E-state index >= 15 is 0 Å². The third-order valence-corrected chi connectivity index (χ3v) is 4.27. The molecule has 0 spiro atoms. The lowest BCUT2D eigenvalue weighted by molar-refractivity contribution is -0.116. The number of hydrogen-bond acceptors (Lipinski definition) is 4. The van der Waals surface area contributed by atoms with E-state index < -0.39 is 0 Å². The second-order valence-corrected chi connectivity index (χ2v) is 5.79. The molecule has 4 nitrogen and oxygen atoms in total. The molecule has 1 heterocycles. The van der Waals surface area contributed by atoms with Gasteiger partial charge in [-0.25, -0.2) is 4.98 Å². The number of nitrogens with one attached hydrogen (secondary N) is 2. The Balaban J connectivity index is 0.00000180. The smallest absolute Gasteiger partial charge is 0.227 e. The van der Waals surface area contributed by atoms with Crippen LogP contribution in [-0.4, -0.2) is 24.5 Å². The number of carbonyl (C=O) groups is 1. The number of amides is 1. The molecule has 0 atom stereocenters. The summed E-state index contributed by atoms with van der Waals surface area (Å²) in [5, 5.41) is 6.66. The molecule has 0 radical (unpaired) electrons. The van der Waals surface area contributed by atoms with Gasteiger partial charge in [-0.3, -0.25) is 4.79 Å². The Morgan fingerprint density at radius 2 is 2.00 bits per heavy atom. The number of hydrogen-bond donors (Lipinski definition) is 2. The number of fused-ring (bicyclic) bond motifs is 1. The molecule has 2 rings (SSSR count). The average molecular weight is 304 g/mol. The Bertz CT molecular complexity index is 383. The zero-order valence-electron chi connectivity index (χ0n) is 11.3. The van der Waals surface area contributed by atoms with Crippen LogP contribution in [0.5, 0.6) is 0 Å². The largest absolute Gasteiger partial charge is 0.319 e. The van der Waals surface area contributed by atoms with E-state index in [9.17, 15) is 4.79 Å². The summed E-state index contributed by atoms with van der Waals surface area (Å²) in [4.78, 5) is 17.6. The molecule has 0 aromatic carbocycles. The standard InChI is InChI=1S/C13H21N3OS.ClH/c1-14-9-8-12(17)16-13-15-10-6-4-2-3-5-7-11(10)18-13;/h14H,2-9H2,1H3,(H,15,16,17);1H. The Morgan fingerprint density at radius 1 is 1.26 bits per heavy atom. The summed E-state index contributed by atoms with van der Waals surface area (Å²) in [5.41, 5.74) is 1.21. The molecule has 1 aliphatic carbocycles. The molecular formula is C13H22ClN3OS. The molecule has 1 aromatic heterocycles. The predicted molar refractivity (Wildman–Crippen MR) is 82.4 cm³/mol. The van der Waals surface area contributed by atoms with Crippen molar-refractivity contribution in [2.45, 2.75) is 44.9 Å². The fourth-order valence-electron chi connectivity index (χ4n) is 2.18. The van der Waals surface area contributed by atoms with E-state index in [0.29, 0.717) is 13.0 Å². The van der Waals surface area contributed by atoms with E-state index in [1.54, 1.807) is 11.3 Å². The maximum atomic E-state index is 11.6. The van der Waals surface area contributed by atoms with Crippen molar-refractivity contribution >= 4 is 34.8 Å². The minimum atomic E-state index is 0. The first-order valence-electron chi connectivity index (χ1n) is 6.72. The van der Waals surface area contributed by atoms with Crippen LogP contribution in [0.4, 0.5) is 5.13 Å². The highest BCUT2D eigenvalue weighted by Crippen LogP contribution is 2.28. The van der Waals surface area contributed by atoms with Gasteiger partial charge in [-0.2, -0.15) is 0 Å². The first-order valence-corrected chi connectivity index (χ1v) is 7.54. The number of anilines is 1. The summed E-state index contributed by atoms with van der Waals surface area (Å²) in [7, 11) is 1.85. The summed E-state index contributed by atoms with van der Waals surface area (Å²) >= 11 is 1.66. The number of halogens is 1. The monoisotopic (exact) mass is 303 g/mol. The molecule has 19 heavy (non-hydrogen) atoms. The van der Waals surface area contributed by atoms with E-state index in [1.165, 1.54) is 36.3 Å². The highest BCUT2D eigenvalue weighted by atomic mass is 35.5. The first kappa shape index (κ1) is 16.4. The third kappa shape index (κ3) is 5.09. The third-order valence-electron chi connectivity index (χ3n) is 3.19. The fraction of sp³-hybridized carbons (Fsp3) is 0.692. The van der Waals surface area contributed by atoms with Gasteiger partial charge in [-0.05, 0) is 32.7 Å². The minimum absolute atomic E-state index is 0. The van der Waals surface area contributed by atoms with Crippen molar-refractivity contribution in [3.63, 3.8) is 0 Å². The highest BCUT2D eigenvalue weighted by molar-refractivity contribution is 7.15. The van der Waals surface area contributed by atoms with Crippen LogP contribution in [0.15, 0.2) is 0 Å². The second-order valence-electron chi connectivity index (χ2n) is 4.70. The zero-order chi connectivity index (χ0) is 12.8. The summed E-state index contributed by atoms with van der Waals surface area (Å²) < 4.78 is 0. The number of nitrogens with zero attached hydrogens (tertiary/aromatic N) is 1. The van der Waals surface area contributed by atoms with Crippen molar-refractivity contribution in [3.8, 4) is 0 Å². The molecule has 108 valence electrons. The molecule has 0 aliphatic heterocycles. The van der Waals surface area contributed by atoms with Crippen LogP contribution in [0.3, 0.4) is 0 Å². The number of carbonyl (C=O) groups excluding carboxylic acids is 1. The van der Waals surface area contributed by atoms with Crippen LogP contribution in [0.25, 0.3) is 0 Å². The first-order chi connectivity index (χ1) is 8.79. The van der Waals surface area contributed by atoms with Crippen molar-refractivity contribution in [2.24, 2.45) is 0 Å². The molecule has 0 bridgehead atoms. The van der Waals surface area contributed by atoms with Gasteiger partial charge in [0.1, 0.15) is 0 Å². The topological polar surface area (TPSA) is 54.0 Å². The average Bonchev–Trinajstić information content (AvgIpc) is 2.68. The van der Waals surface area contributed by atoms with Crippen LogP contribution < -0.4 is 10.6 Å². The maximum Gasteiger partial charge on any atom is 0.227 e. The lowest BCUT2D eigenvalue weighted by Crippen LogP contribution is -2.18. The van der Waals surface area contributed by atoms with Gasteiger partial charge in [0, 0.05) is 17.8 Å². The van der Waals surface area contributed by atoms with E-state index in [2.05, 4.69) is 15.6 Å². The molecule has 6 heteroatoms. The fourth-order valence-corrected chi connectivity index (χ4v) is 3.25. The molecule has 2 N–H and O–H groups in total. The SMILES string of the molecule is CNCCC(=O)Nc1nc2c(s1)CCCCCC2.Cl. The second kappa shape index (κ2) is 8.51. The summed E-state index contributed by atoms with van der Waals surface area (Å²) in [5.74, 6) is 0.0473. The van der Waals surface area contributed by atoms with Gasteiger partial charge >= 0.3 is 0 Å². The Hall–Kier alpha value is -0.650. The van der Waals surface area contributed by atoms with Gasteiger partial charge in [0.15, 0.2) is 5.13 Å². The van der Waals surface area contributed by atoms with Gasteiger partial charge in [0.2, 0.25) is 5.91 Å². The molecular weight excluding hydrogens is 282 g/mol. The van der Waals surface area contributed by atoms with Crippen molar-refractivity contribution in [2.75, 3.05) is 18.9 Å². The predicted octanol–water partition coefficient (Wildman–Crippen LogP) is 2.77. The van der Waals surface area contributed by atoms with Crippen molar-refractivity contribution in [1.29, 1.82) is 0 Å². The number of aromatic nitrogens is 1. The van der Waals surface area contributed by atoms with E-state index in [0.717, 1.165) is 18.0 Å². The van der Waals surface area contributed by atoms with Crippen LogP contribution in [0, 0.1) is 0 Å². The van der Waals surface area contributed by atoms with E-state index in [1.807, 2.05) is 7.05 Å². The van der Waals surface area contributed by atoms with Crippen molar-refractivity contribution in [1.82, 2.24) is 10.3 Å². The van der Waals surface area contributed by atoms with Crippen molar-refractivity contribution in [3.05, 3.63) is 10.6 Å². The summed E-state index contributed by atoms with van der Waals surface area (Å²) in [6.07, 6.45) is 7.80. The number of rotatable bonds is 4. The maximum absolute atomic E-state index is 11.6. The van der Waals surface area contributed by atoms with Crippen LogP contribution in [-0.2, 0) is 17.6 Å². The molecule has 0 saturated heterocycles. The van der Waals surface area contributed by atoms with Gasteiger partial charge in [0.25, 0.3) is 0 Å². The van der Waals surface area contributed by atoms with Gasteiger partial charge in [0.05, 0.1) is 5.69 Å². The molecule has 0 unspecified atom stereocenters. The Kier molecular flexibility index (Phi) is 7.34. The zero-order valence-corrected chi connectivity index (χ0v) is 13.0. The molecule has 1 aromatic rings. The minimum Gasteiger partial charge on any atom is -0.319 e. The van der Waals surface area contributed by atoms with Crippen LogP contribution >= 0.6 is 23.7 Å². The lowest BCUT2D eigenvalue weighted by Gasteiger charge is -2.06. The van der Waals surface area contributed by atoms with E-state index in [4.69, 9.17) is 0 Å². The Labute approximate surface area is 124 Å². The highest BCUT2D eigenvalue weighted by Gasteiger charge is 2.14. The lowest BCUT2D eigenvalue weighted by atomic mass is 10.0. The summed E-state index contributed by atoms with van der Waals surface area (Å²) in [6, 6.07) is 0. The van der Waals surface area contributed by atoms with Crippen LogP contribution in [0.2, 0.25) is 0 Å². The number of thiazole rings is 1. The van der Waals surface area contributed by atoms with Crippen molar-refractivity contribution < 1.29 is 4.79 Å². The Morgan fingerprint density at radius 3 is 2.74 bits per heavy atom. The van der Waals surface area contributed by atoms with Gasteiger partial charge < -0.3 is 10.6 Å². The molecule has 0 fully saturated rings. The molecule has 0 saturated carbocycles. The number of aryl methyl sites for hydroxylation is 2. The normalized spacial score (nSPS) is 14.8. The molecule has 1 amide bonds. The van der Waals surface area contributed by atoms with Crippen LogP contribution in [0.1, 0.15) is 42.7 Å². The molecule has 1 aliphatic rings. The van der Waals surface area contributed by atoms with Gasteiger partial charge in [-0.1, -0.05) is 12.8 Å². The van der Waals surface area contributed by atoms with Gasteiger partial charge in [-0.15, -0.1) is 23.7 Å². The quantitative estimate of drug-likeness (QED) is 0.899. The summed E-state index contributed by atoms with van der Waals surface area (Å²) in [6.45, 7) is 0.705.